The van der Waals surface area contributed by atoms with E-state index >= 15 is 0 Å². The molecule has 0 saturated carbocycles. The Hall–Kier alpha value is -1.44. The fourth-order valence-electron chi connectivity index (χ4n) is 1.11. The third-order valence-corrected chi connectivity index (χ3v) is 1.68. The van der Waals surface area contributed by atoms with Crippen LogP contribution in [0, 0.1) is 0 Å². The normalized spacial score (nSPS) is 14.7. The van der Waals surface area contributed by atoms with Gasteiger partial charge in [0, 0.05) is 12.1 Å². The fourth-order valence-corrected chi connectivity index (χ4v) is 1.11. The Balaban J connectivity index is 2.41. The lowest BCUT2D eigenvalue weighted by Crippen LogP contribution is -2.21. The molecule has 1 heterocycles. The maximum absolute atomic E-state index is 5.33. The molecule has 0 bridgehead atoms. The first-order chi connectivity index (χ1) is 5.36. The maximum Gasteiger partial charge on any atom is 0.186 e. The zero-order chi connectivity index (χ0) is 7.68. The van der Waals surface area contributed by atoms with Crippen LogP contribution in [0.4, 0.5) is 0 Å². The van der Waals surface area contributed by atoms with Crippen molar-refractivity contribution in [3.05, 3.63) is 42.3 Å². The van der Waals surface area contributed by atoms with E-state index in [-0.39, 0.29) is 0 Å². The summed E-state index contributed by atoms with van der Waals surface area (Å²) in [7, 11) is 0. The summed E-state index contributed by atoms with van der Waals surface area (Å²) in [4.78, 5) is 0. The first-order valence-electron chi connectivity index (χ1n) is 3.55. The minimum absolute atomic E-state index is 0.628. The molecule has 0 unspecified atom stereocenters. The molecule has 1 aromatic carbocycles. The summed E-state index contributed by atoms with van der Waals surface area (Å²) in [6.07, 6.45) is 0. The van der Waals surface area contributed by atoms with Crippen molar-refractivity contribution in [2.75, 3.05) is 0 Å². The van der Waals surface area contributed by atoms with E-state index in [4.69, 9.17) is 4.74 Å². The average molecular weight is 147 g/mol. The van der Waals surface area contributed by atoms with Gasteiger partial charge in [-0.3, -0.25) is 0 Å². The van der Waals surface area contributed by atoms with Gasteiger partial charge in [0.05, 0.1) is 0 Å². The Kier molecular flexibility index (Phi) is 1.32. The van der Waals surface area contributed by atoms with E-state index in [0.717, 1.165) is 12.3 Å². The third kappa shape index (κ3) is 1.07. The van der Waals surface area contributed by atoms with Crippen LogP contribution in [0.2, 0.25) is 0 Å². The lowest BCUT2D eigenvalue weighted by Gasteiger charge is -2.19. The summed E-state index contributed by atoms with van der Waals surface area (Å²) in [6.45, 7) is 4.49. The SMILES string of the molecule is C=C1NCc2ccccc2O1. The molecular formula is C9H9NO. The number of para-hydroxylation sites is 1. The molecule has 56 valence electrons. The zero-order valence-electron chi connectivity index (χ0n) is 6.13. The van der Waals surface area contributed by atoms with Crippen LogP contribution in [-0.2, 0) is 6.54 Å². The number of fused-ring (bicyclic) bond motifs is 1. The molecule has 2 rings (SSSR count). The van der Waals surface area contributed by atoms with Crippen molar-refractivity contribution < 1.29 is 4.74 Å². The lowest BCUT2D eigenvalue weighted by atomic mass is 10.2. The van der Waals surface area contributed by atoms with E-state index in [9.17, 15) is 0 Å². The Morgan fingerprint density at radius 1 is 1.36 bits per heavy atom. The van der Waals surface area contributed by atoms with E-state index in [0.29, 0.717) is 5.88 Å². The van der Waals surface area contributed by atoms with Gasteiger partial charge in [-0.1, -0.05) is 18.2 Å². The van der Waals surface area contributed by atoms with Crippen molar-refractivity contribution in [3.8, 4) is 5.75 Å². The summed E-state index contributed by atoms with van der Waals surface area (Å²) in [6, 6.07) is 7.94. The van der Waals surface area contributed by atoms with Crippen LogP contribution >= 0.6 is 0 Å². The van der Waals surface area contributed by atoms with Crippen molar-refractivity contribution in [1.82, 2.24) is 5.32 Å². The summed E-state index contributed by atoms with van der Waals surface area (Å²) in [5, 5.41) is 3.02. The highest BCUT2D eigenvalue weighted by atomic mass is 16.5. The van der Waals surface area contributed by atoms with Crippen LogP contribution in [0.15, 0.2) is 36.7 Å². The Morgan fingerprint density at radius 2 is 2.18 bits per heavy atom. The predicted octanol–water partition coefficient (Wildman–Crippen LogP) is 1.64. The number of hydrogen-bond acceptors (Lipinski definition) is 2. The van der Waals surface area contributed by atoms with Crippen molar-refractivity contribution >= 4 is 0 Å². The summed E-state index contributed by atoms with van der Waals surface area (Å²) in [5.74, 6) is 1.54. The van der Waals surface area contributed by atoms with Crippen LogP contribution in [0.3, 0.4) is 0 Å². The Morgan fingerprint density at radius 3 is 3.09 bits per heavy atom. The van der Waals surface area contributed by atoms with Gasteiger partial charge in [-0.25, -0.2) is 0 Å². The third-order valence-electron chi connectivity index (χ3n) is 1.68. The average Bonchev–Trinajstić information content (AvgIpc) is 2.04. The van der Waals surface area contributed by atoms with Gasteiger partial charge < -0.3 is 10.1 Å². The molecule has 2 heteroatoms. The number of hydrogen-bond donors (Lipinski definition) is 1. The van der Waals surface area contributed by atoms with Gasteiger partial charge in [-0.15, -0.1) is 0 Å². The van der Waals surface area contributed by atoms with Gasteiger partial charge in [0.1, 0.15) is 5.75 Å². The first kappa shape index (κ1) is 6.28. The van der Waals surface area contributed by atoms with E-state index < -0.39 is 0 Å². The number of benzene rings is 1. The molecule has 0 amide bonds. The molecule has 1 aliphatic rings. The lowest BCUT2D eigenvalue weighted by molar-refractivity contribution is 0.353. The van der Waals surface area contributed by atoms with Crippen molar-refractivity contribution in [1.29, 1.82) is 0 Å². The summed E-state index contributed by atoms with van der Waals surface area (Å²) >= 11 is 0. The van der Waals surface area contributed by atoms with Crippen LogP contribution in [0.1, 0.15) is 5.56 Å². The highest BCUT2D eigenvalue weighted by Gasteiger charge is 2.09. The van der Waals surface area contributed by atoms with E-state index in [1.165, 1.54) is 5.56 Å². The number of nitrogens with one attached hydrogen (secondary N) is 1. The molecular weight excluding hydrogens is 138 g/mol. The largest absolute Gasteiger partial charge is 0.442 e. The standard InChI is InChI=1S/C9H9NO/c1-7-10-6-8-4-2-3-5-9(8)11-7/h2-5,10H,1,6H2. The predicted molar refractivity (Wildman–Crippen MR) is 43.0 cm³/mol. The van der Waals surface area contributed by atoms with Crippen LogP contribution in [0.5, 0.6) is 5.75 Å². The molecule has 1 N–H and O–H groups in total. The second-order valence-electron chi connectivity index (χ2n) is 2.49. The molecule has 0 saturated heterocycles. The molecule has 0 aromatic heterocycles. The van der Waals surface area contributed by atoms with Crippen LogP contribution < -0.4 is 10.1 Å². The Labute approximate surface area is 65.5 Å². The minimum Gasteiger partial charge on any atom is -0.442 e. The molecule has 1 aliphatic heterocycles. The summed E-state index contributed by atoms with van der Waals surface area (Å²) < 4.78 is 5.33. The number of rotatable bonds is 0. The van der Waals surface area contributed by atoms with E-state index in [1.54, 1.807) is 0 Å². The van der Waals surface area contributed by atoms with Gasteiger partial charge >= 0.3 is 0 Å². The molecule has 0 spiro atoms. The fraction of sp³-hybridized carbons (Fsp3) is 0.111. The summed E-state index contributed by atoms with van der Waals surface area (Å²) in [5.41, 5.74) is 1.18. The smallest absolute Gasteiger partial charge is 0.186 e. The zero-order valence-corrected chi connectivity index (χ0v) is 6.13. The molecule has 1 aromatic rings. The van der Waals surface area contributed by atoms with E-state index in [2.05, 4.69) is 11.9 Å². The molecule has 11 heavy (non-hydrogen) atoms. The molecule has 0 atom stereocenters. The number of ether oxygens (including phenoxy) is 1. The molecule has 0 aliphatic carbocycles. The van der Waals surface area contributed by atoms with Crippen molar-refractivity contribution in [3.63, 3.8) is 0 Å². The van der Waals surface area contributed by atoms with Gasteiger partial charge in [-0.05, 0) is 12.6 Å². The van der Waals surface area contributed by atoms with E-state index in [1.807, 2.05) is 24.3 Å². The maximum atomic E-state index is 5.33. The second-order valence-corrected chi connectivity index (χ2v) is 2.49. The van der Waals surface area contributed by atoms with Gasteiger partial charge in [0.25, 0.3) is 0 Å². The first-order valence-corrected chi connectivity index (χ1v) is 3.55. The van der Waals surface area contributed by atoms with Crippen molar-refractivity contribution in [2.45, 2.75) is 6.54 Å². The quantitative estimate of drug-likeness (QED) is 0.602. The minimum atomic E-state index is 0.628. The monoisotopic (exact) mass is 147 g/mol. The van der Waals surface area contributed by atoms with Crippen LogP contribution in [-0.4, -0.2) is 0 Å². The second kappa shape index (κ2) is 2.31. The van der Waals surface area contributed by atoms with Crippen LogP contribution in [0.25, 0.3) is 0 Å². The highest BCUT2D eigenvalue weighted by molar-refractivity contribution is 5.36. The van der Waals surface area contributed by atoms with Gasteiger partial charge in [0.15, 0.2) is 5.88 Å². The molecule has 0 radical (unpaired) electrons. The van der Waals surface area contributed by atoms with Crippen molar-refractivity contribution in [2.24, 2.45) is 0 Å². The topological polar surface area (TPSA) is 21.3 Å². The highest BCUT2D eigenvalue weighted by Crippen LogP contribution is 2.22. The molecule has 0 fully saturated rings. The van der Waals surface area contributed by atoms with Gasteiger partial charge in [-0.2, -0.15) is 0 Å². The molecule has 2 nitrogen and oxygen atoms in total. The van der Waals surface area contributed by atoms with Gasteiger partial charge in [0.2, 0.25) is 0 Å². The Bertz CT molecular complexity index is 293.